The fourth-order valence-corrected chi connectivity index (χ4v) is 3.43. The Hall–Kier alpha value is -2.04. The molecule has 1 heterocycles. The summed E-state index contributed by atoms with van der Waals surface area (Å²) in [4.78, 5) is 11.2. The summed E-state index contributed by atoms with van der Waals surface area (Å²) in [6.07, 6.45) is 9.06. The van der Waals surface area contributed by atoms with Crippen molar-refractivity contribution in [2.75, 3.05) is 0 Å². The van der Waals surface area contributed by atoms with E-state index in [-0.39, 0.29) is 5.82 Å². The molecular formula is C18H22FN3O. The maximum atomic E-state index is 13.8. The van der Waals surface area contributed by atoms with E-state index in [0.717, 1.165) is 30.7 Å². The molecule has 1 aromatic carbocycles. The minimum Gasteiger partial charge on any atom is -0.296 e. The van der Waals surface area contributed by atoms with Crippen molar-refractivity contribution in [1.29, 1.82) is 0 Å². The summed E-state index contributed by atoms with van der Waals surface area (Å²) in [7, 11) is 0. The average molecular weight is 315 g/mol. The van der Waals surface area contributed by atoms with Gasteiger partial charge in [-0.2, -0.15) is 0 Å². The molecule has 122 valence electrons. The van der Waals surface area contributed by atoms with Gasteiger partial charge in [-0.1, -0.05) is 55.5 Å². The fraction of sp³-hybridized carbons (Fsp3) is 0.500. The fourth-order valence-electron chi connectivity index (χ4n) is 3.43. The van der Waals surface area contributed by atoms with Crippen LogP contribution in [0.4, 0.5) is 4.39 Å². The molecule has 0 spiro atoms. The number of carbonyl (C=O) groups excluding carboxylic acids is 1. The average Bonchev–Trinajstić information content (AvgIpc) is 2.98. The minimum atomic E-state index is -0.256. The predicted octanol–water partition coefficient (Wildman–Crippen LogP) is 3.79. The molecule has 0 radical (unpaired) electrons. The van der Waals surface area contributed by atoms with Crippen LogP contribution in [0.3, 0.4) is 0 Å². The molecule has 0 bridgehead atoms. The molecule has 0 unspecified atom stereocenters. The van der Waals surface area contributed by atoms with Crippen molar-refractivity contribution in [3.63, 3.8) is 0 Å². The molecule has 1 fully saturated rings. The number of halogens is 1. The Morgan fingerprint density at radius 1 is 1.22 bits per heavy atom. The van der Waals surface area contributed by atoms with E-state index in [0.29, 0.717) is 17.8 Å². The van der Waals surface area contributed by atoms with Gasteiger partial charge in [0.15, 0.2) is 6.29 Å². The lowest BCUT2D eigenvalue weighted by atomic mass is 9.85. The Bertz CT molecular complexity index is 662. The van der Waals surface area contributed by atoms with Crippen LogP contribution in [0.25, 0.3) is 0 Å². The first-order valence-corrected chi connectivity index (χ1v) is 8.39. The third-order valence-corrected chi connectivity index (χ3v) is 4.77. The summed E-state index contributed by atoms with van der Waals surface area (Å²) in [6.45, 7) is 0.313. The van der Waals surface area contributed by atoms with Crippen molar-refractivity contribution in [2.45, 2.75) is 51.5 Å². The van der Waals surface area contributed by atoms with Gasteiger partial charge < -0.3 is 0 Å². The van der Waals surface area contributed by atoms with E-state index in [9.17, 15) is 9.18 Å². The lowest BCUT2D eigenvalue weighted by Crippen LogP contribution is -2.12. The molecular weight excluding hydrogens is 293 g/mol. The monoisotopic (exact) mass is 315 g/mol. The van der Waals surface area contributed by atoms with E-state index in [4.69, 9.17) is 0 Å². The number of carbonyl (C=O) groups is 1. The third-order valence-electron chi connectivity index (χ3n) is 4.77. The number of benzene rings is 1. The van der Waals surface area contributed by atoms with Crippen LogP contribution in [0.2, 0.25) is 0 Å². The van der Waals surface area contributed by atoms with Gasteiger partial charge in [-0.25, -0.2) is 9.07 Å². The van der Waals surface area contributed by atoms with E-state index in [1.54, 1.807) is 22.9 Å². The highest BCUT2D eigenvalue weighted by atomic mass is 19.1. The molecule has 1 aliphatic rings. The van der Waals surface area contributed by atoms with E-state index in [1.165, 1.54) is 38.2 Å². The molecule has 2 aromatic rings. The van der Waals surface area contributed by atoms with Gasteiger partial charge in [-0.05, 0) is 24.8 Å². The number of aldehydes is 1. The zero-order valence-electron chi connectivity index (χ0n) is 13.2. The second kappa shape index (κ2) is 7.49. The van der Waals surface area contributed by atoms with Crippen molar-refractivity contribution in [1.82, 2.24) is 15.0 Å². The van der Waals surface area contributed by atoms with Crippen LogP contribution in [0.15, 0.2) is 24.3 Å². The van der Waals surface area contributed by atoms with Crippen molar-refractivity contribution in [2.24, 2.45) is 5.92 Å². The standard InChI is InChI=1S/C18H22FN3O/c19-16-9-5-4-8-15(16)12-22-18(17(13-23)20-21-22)11-10-14-6-2-1-3-7-14/h4-5,8-9,13-14H,1-3,6-7,10-12H2. The number of aromatic nitrogens is 3. The molecule has 1 saturated carbocycles. The third kappa shape index (κ3) is 3.84. The maximum absolute atomic E-state index is 13.8. The Morgan fingerprint density at radius 3 is 2.74 bits per heavy atom. The van der Waals surface area contributed by atoms with Crippen LogP contribution in [0, 0.1) is 11.7 Å². The van der Waals surface area contributed by atoms with E-state index in [2.05, 4.69) is 10.3 Å². The Balaban J connectivity index is 1.74. The quantitative estimate of drug-likeness (QED) is 0.762. The number of rotatable bonds is 6. The molecule has 1 aliphatic carbocycles. The van der Waals surface area contributed by atoms with Crippen LogP contribution in [-0.4, -0.2) is 21.3 Å². The van der Waals surface area contributed by atoms with Crippen LogP contribution in [0.1, 0.15) is 60.3 Å². The van der Waals surface area contributed by atoms with Crippen LogP contribution in [-0.2, 0) is 13.0 Å². The molecule has 4 nitrogen and oxygen atoms in total. The van der Waals surface area contributed by atoms with E-state index in [1.807, 2.05) is 0 Å². The molecule has 0 saturated heterocycles. The van der Waals surface area contributed by atoms with Crippen molar-refractivity contribution in [3.05, 3.63) is 47.0 Å². The molecule has 0 atom stereocenters. The molecule has 23 heavy (non-hydrogen) atoms. The smallest absolute Gasteiger partial charge is 0.172 e. The zero-order chi connectivity index (χ0) is 16.1. The second-order valence-corrected chi connectivity index (χ2v) is 6.33. The number of hydrogen-bond donors (Lipinski definition) is 0. The Morgan fingerprint density at radius 2 is 2.00 bits per heavy atom. The summed E-state index contributed by atoms with van der Waals surface area (Å²) >= 11 is 0. The summed E-state index contributed by atoms with van der Waals surface area (Å²) in [5.74, 6) is 0.467. The van der Waals surface area contributed by atoms with Crippen LogP contribution in [0.5, 0.6) is 0 Å². The summed E-state index contributed by atoms with van der Waals surface area (Å²) in [5.41, 5.74) is 1.78. The zero-order valence-corrected chi connectivity index (χ0v) is 13.2. The molecule has 1 aromatic heterocycles. The SMILES string of the molecule is O=Cc1nnn(Cc2ccccc2F)c1CCC1CCCCC1. The first-order valence-electron chi connectivity index (χ1n) is 8.39. The highest BCUT2D eigenvalue weighted by molar-refractivity contribution is 5.73. The van der Waals surface area contributed by atoms with Crippen molar-refractivity contribution in [3.8, 4) is 0 Å². The highest BCUT2D eigenvalue weighted by Gasteiger charge is 2.18. The van der Waals surface area contributed by atoms with E-state index < -0.39 is 0 Å². The number of nitrogens with zero attached hydrogens (tertiary/aromatic N) is 3. The Labute approximate surface area is 135 Å². The van der Waals surface area contributed by atoms with E-state index >= 15 is 0 Å². The molecule has 0 N–H and O–H groups in total. The van der Waals surface area contributed by atoms with Crippen molar-refractivity contribution < 1.29 is 9.18 Å². The van der Waals surface area contributed by atoms with Gasteiger partial charge in [-0.15, -0.1) is 5.10 Å². The van der Waals surface area contributed by atoms with Gasteiger partial charge >= 0.3 is 0 Å². The van der Waals surface area contributed by atoms with Gasteiger partial charge in [0, 0.05) is 5.56 Å². The molecule has 0 aliphatic heterocycles. The first kappa shape index (κ1) is 15.8. The van der Waals surface area contributed by atoms with Gasteiger partial charge in [0.05, 0.1) is 12.2 Å². The predicted molar refractivity (Wildman–Crippen MR) is 85.8 cm³/mol. The highest BCUT2D eigenvalue weighted by Crippen LogP contribution is 2.27. The van der Waals surface area contributed by atoms with Crippen LogP contribution >= 0.6 is 0 Å². The summed E-state index contributed by atoms with van der Waals surface area (Å²) < 4.78 is 15.5. The molecule has 0 amide bonds. The molecule has 3 rings (SSSR count). The van der Waals surface area contributed by atoms with Crippen molar-refractivity contribution >= 4 is 6.29 Å². The normalized spacial score (nSPS) is 15.7. The number of hydrogen-bond acceptors (Lipinski definition) is 3. The lowest BCUT2D eigenvalue weighted by Gasteiger charge is -2.21. The van der Waals surface area contributed by atoms with Gasteiger partial charge in [0.2, 0.25) is 0 Å². The first-order chi connectivity index (χ1) is 11.3. The summed E-state index contributed by atoms with van der Waals surface area (Å²) in [5, 5.41) is 8.00. The van der Waals surface area contributed by atoms with Gasteiger partial charge in [0.1, 0.15) is 11.5 Å². The maximum Gasteiger partial charge on any atom is 0.172 e. The summed E-state index contributed by atoms with van der Waals surface area (Å²) in [6, 6.07) is 6.65. The van der Waals surface area contributed by atoms with Crippen LogP contribution < -0.4 is 0 Å². The van der Waals surface area contributed by atoms with Gasteiger partial charge in [0.25, 0.3) is 0 Å². The molecule has 5 heteroatoms. The Kier molecular flexibility index (Phi) is 5.16. The topological polar surface area (TPSA) is 47.8 Å². The largest absolute Gasteiger partial charge is 0.296 e. The minimum absolute atomic E-state index is 0.256. The lowest BCUT2D eigenvalue weighted by molar-refractivity contribution is 0.111. The second-order valence-electron chi connectivity index (χ2n) is 6.33. The van der Waals surface area contributed by atoms with Gasteiger partial charge in [-0.3, -0.25) is 4.79 Å².